The fourth-order valence-corrected chi connectivity index (χ4v) is 4.40. The number of carbonyl (C=O) groups is 1. The van der Waals surface area contributed by atoms with Gasteiger partial charge in [0.2, 0.25) is 0 Å². The maximum atomic E-state index is 13.1. The van der Waals surface area contributed by atoms with Gasteiger partial charge < -0.3 is 9.47 Å². The van der Waals surface area contributed by atoms with Gasteiger partial charge in [0.1, 0.15) is 12.3 Å². The Morgan fingerprint density at radius 3 is 2.40 bits per heavy atom. The predicted octanol–water partition coefficient (Wildman–Crippen LogP) is 3.13. The molecule has 2 aromatic carbocycles. The molecular formula is C17H18BrNO5S. The first-order valence-electron chi connectivity index (χ1n) is 7.30. The molecule has 0 heterocycles. The number of halogens is 1. The molecule has 2 rings (SSSR count). The molecule has 0 fully saturated rings. The maximum Gasteiger partial charge on any atom is 0.326 e. The standard InChI is InChI=1S/C17H18BrNO5S/c1-12-10-13(8-9-16(12)23-2)25(21,22)19(11-17(20)24-3)15-7-5-4-6-14(15)18/h4-10H,11H2,1-3H3. The molecular weight excluding hydrogens is 410 g/mol. The normalized spacial score (nSPS) is 11.0. The molecule has 0 aromatic heterocycles. The van der Waals surface area contributed by atoms with E-state index >= 15 is 0 Å². The first-order valence-corrected chi connectivity index (χ1v) is 9.53. The summed E-state index contributed by atoms with van der Waals surface area (Å²) in [5.41, 5.74) is 1.02. The molecule has 2 aromatic rings. The van der Waals surface area contributed by atoms with Crippen LogP contribution in [-0.4, -0.2) is 35.2 Å². The lowest BCUT2D eigenvalue weighted by Gasteiger charge is -2.24. The number of carbonyl (C=O) groups excluding carboxylic acids is 1. The van der Waals surface area contributed by atoms with Crippen LogP contribution >= 0.6 is 15.9 Å². The summed E-state index contributed by atoms with van der Waals surface area (Å²) < 4.78 is 37.7. The highest BCUT2D eigenvalue weighted by Gasteiger charge is 2.29. The van der Waals surface area contributed by atoms with Crippen molar-refractivity contribution in [1.29, 1.82) is 0 Å². The maximum absolute atomic E-state index is 13.1. The van der Waals surface area contributed by atoms with Crippen LogP contribution in [0.25, 0.3) is 0 Å². The molecule has 0 saturated heterocycles. The van der Waals surface area contributed by atoms with E-state index in [9.17, 15) is 13.2 Å². The summed E-state index contributed by atoms with van der Waals surface area (Å²) in [4.78, 5) is 11.8. The Balaban J connectivity index is 2.57. The van der Waals surface area contributed by atoms with Crippen LogP contribution in [0.1, 0.15) is 5.56 Å². The molecule has 8 heteroatoms. The van der Waals surface area contributed by atoms with Crippen LogP contribution in [0.4, 0.5) is 5.69 Å². The summed E-state index contributed by atoms with van der Waals surface area (Å²) >= 11 is 3.33. The van der Waals surface area contributed by atoms with Gasteiger partial charge in [-0.05, 0) is 58.7 Å². The average Bonchev–Trinajstić information content (AvgIpc) is 2.60. The highest BCUT2D eigenvalue weighted by molar-refractivity contribution is 9.10. The second-order valence-corrected chi connectivity index (χ2v) is 7.89. The number of methoxy groups -OCH3 is 2. The second kappa shape index (κ2) is 7.88. The van der Waals surface area contributed by atoms with Gasteiger partial charge in [-0.15, -0.1) is 0 Å². The Labute approximate surface area is 155 Å². The van der Waals surface area contributed by atoms with E-state index in [0.29, 0.717) is 21.5 Å². The van der Waals surface area contributed by atoms with Crippen LogP contribution in [0.2, 0.25) is 0 Å². The van der Waals surface area contributed by atoms with Crippen molar-refractivity contribution in [3.8, 4) is 5.75 Å². The summed E-state index contributed by atoms with van der Waals surface area (Å²) in [6.07, 6.45) is 0. The molecule has 6 nitrogen and oxygen atoms in total. The van der Waals surface area contributed by atoms with Crippen molar-refractivity contribution >= 4 is 37.6 Å². The van der Waals surface area contributed by atoms with Gasteiger partial charge in [-0.3, -0.25) is 9.10 Å². The summed E-state index contributed by atoms with van der Waals surface area (Å²) in [7, 11) is -1.25. The van der Waals surface area contributed by atoms with Crippen molar-refractivity contribution in [2.75, 3.05) is 25.1 Å². The Morgan fingerprint density at radius 1 is 1.16 bits per heavy atom. The van der Waals surface area contributed by atoms with Gasteiger partial charge in [0.25, 0.3) is 10.0 Å². The summed E-state index contributed by atoms with van der Waals surface area (Å²) in [5.74, 6) is -0.0797. The number of benzene rings is 2. The van der Waals surface area contributed by atoms with Crippen molar-refractivity contribution < 1.29 is 22.7 Å². The molecule has 0 N–H and O–H groups in total. The third-order valence-corrected chi connectivity index (χ3v) is 6.00. The quantitative estimate of drug-likeness (QED) is 0.662. The molecule has 0 aliphatic rings. The molecule has 0 aliphatic heterocycles. The third-order valence-electron chi connectivity index (χ3n) is 3.58. The Morgan fingerprint density at radius 2 is 1.84 bits per heavy atom. The molecule has 0 spiro atoms. The predicted molar refractivity (Wildman–Crippen MR) is 98.4 cm³/mol. The van der Waals surface area contributed by atoms with Crippen LogP contribution in [0.15, 0.2) is 51.8 Å². The van der Waals surface area contributed by atoms with Crippen LogP contribution in [0.3, 0.4) is 0 Å². The van der Waals surface area contributed by atoms with E-state index < -0.39 is 22.5 Å². The minimum absolute atomic E-state index is 0.0606. The summed E-state index contributed by atoms with van der Waals surface area (Å²) in [5, 5.41) is 0. The van der Waals surface area contributed by atoms with Crippen LogP contribution in [-0.2, 0) is 19.6 Å². The van der Waals surface area contributed by atoms with Crippen LogP contribution in [0.5, 0.6) is 5.75 Å². The van der Waals surface area contributed by atoms with Gasteiger partial charge >= 0.3 is 5.97 Å². The average molecular weight is 428 g/mol. The molecule has 0 aliphatic carbocycles. The largest absolute Gasteiger partial charge is 0.496 e. The number of anilines is 1. The minimum Gasteiger partial charge on any atom is -0.496 e. The Hall–Kier alpha value is -2.06. The van der Waals surface area contributed by atoms with Gasteiger partial charge in [-0.25, -0.2) is 8.42 Å². The van der Waals surface area contributed by atoms with Gasteiger partial charge in [0, 0.05) is 4.47 Å². The fraction of sp³-hybridized carbons (Fsp3) is 0.235. The minimum atomic E-state index is -3.98. The third kappa shape index (κ3) is 4.13. The van der Waals surface area contributed by atoms with Gasteiger partial charge in [0.05, 0.1) is 24.8 Å². The summed E-state index contributed by atoms with van der Waals surface area (Å²) in [6.45, 7) is 1.31. The van der Waals surface area contributed by atoms with Crippen molar-refractivity contribution in [2.24, 2.45) is 0 Å². The molecule has 0 bridgehead atoms. The van der Waals surface area contributed by atoms with Crippen molar-refractivity contribution in [3.05, 3.63) is 52.5 Å². The number of ether oxygens (including phenoxy) is 2. The van der Waals surface area contributed by atoms with Gasteiger partial charge in [-0.2, -0.15) is 0 Å². The van der Waals surface area contributed by atoms with E-state index in [0.717, 1.165) is 4.31 Å². The van der Waals surface area contributed by atoms with Gasteiger partial charge in [0.15, 0.2) is 0 Å². The zero-order valence-electron chi connectivity index (χ0n) is 14.0. The summed E-state index contributed by atoms with van der Waals surface area (Å²) in [6, 6.07) is 11.3. The SMILES string of the molecule is COC(=O)CN(c1ccccc1Br)S(=O)(=O)c1ccc(OC)c(C)c1. The number of hydrogen-bond donors (Lipinski definition) is 0. The van der Waals surface area contributed by atoms with E-state index in [2.05, 4.69) is 20.7 Å². The number of hydrogen-bond acceptors (Lipinski definition) is 5. The number of rotatable bonds is 6. The first-order chi connectivity index (χ1) is 11.8. The molecule has 0 amide bonds. The topological polar surface area (TPSA) is 72.9 Å². The lowest BCUT2D eigenvalue weighted by molar-refractivity contribution is -0.138. The van der Waals surface area contributed by atoms with E-state index in [4.69, 9.17) is 4.74 Å². The highest BCUT2D eigenvalue weighted by Crippen LogP contribution is 2.31. The smallest absolute Gasteiger partial charge is 0.326 e. The Bertz CT molecular complexity index is 882. The van der Waals surface area contributed by atoms with Crippen LogP contribution < -0.4 is 9.04 Å². The number of nitrogens with zero attached hydrogens (tertiary/aromatic N) is 1. The molecule has 0 radical (unpaired) electrons. The van der Waals surface area contributed by atoms with E-state index in [1.807, 2.05) is 0 Å². The zero-order valence-corrected chi connectivity index (χ0v) is 16.4. The van der Waals surface area contributed by atoms with E-state index in [-0.39, 0.29) is 4.90 Å². The monoisotopic (exact) mass is 427 g/mol. The van der Waals surface area contributed by atoms with E-state index in [1.165, 1.54) is 26.4 Å². The number of esters is 1. The number of aryl methyl sites for hydroxylation is 1. The number of para-hydroxylation sites is 1. The molecule has 0 saturated carbocycles. The number of sulfonamides is 1. The highest BCUT2D eigenvalue weighted by atomic mass is 79.9. The lowest BCUT2D eigenvalue weighted by Crippen LogP contribution is -2.36. The van der Waals surface area contributed by atoms with Crippen LogP contribution in [0, 0.1) is 6.92 Å². The molecule has 0 atom stereocenters. The lowest BCUT2D eigenvalue weighted by atomic mass is 10.2. The van der Waals surface area contributed by atoms with E-state index in [1.54, 1.807) is 37.3 Å². The fourth-order valence-electron chi connectivity index (χ4n) is 2.27. The van der Waals surface area contributed by atoms with Gasteiger partial charge in [-0.1, -0.05) is 12.1 Å². The molecule has 134 valence electrons. The second-order valence-electron chi connectivity index (χ2n) is 5.17. The molecule has 0 unspecified atom stereocenters. The molecule has 25 heavy (non-hydrogen) atoms. The van der Waals surface area contributed by atoms with Crippen molar-refractivity contribution in [3.63, 3.8) is 0 Å². The van der Waals surface area contributed by atoms with Crippen molar-refractivity contribution in [2.45, 2.75) is 11.8 Å². The van der Waals surface area contributed by atoms with Crippen molar-refractivity contribution in [1.82, 2.24) is 0 Å². The Kier molecular flexibility index (Phi) is 6.07. The zero-order chi connectivity index (χ0) is 18.6. The first kappa shape index (κ1) is 19.3.